The molecule has 2 amide bonds. The number of hydrogen-bond acceptors (Lipinski definition) is 5. The third-order valence-corrected chi connectivity index (χ3v) is 7.64. The number of nitrogens with one attached hydrogen (secondary N) is 1. The smallest absolute Gasteiger partial charge is 0.388 e. The molecule has 0 atom stereocenters. The number of carbonyl (C=O) groups is 3. The van der Waals surface area contributed by atoms with Gasteiger partial charge in [0.1, 0.15) is 11.1 Å². The maximum Gasteiger partial charge on any atom is 0.388 e. The predicted octanol–water partition coefficient (Wildman–Crippen LogP) is 4.72. The molecular weight excluding hydrogens is 496 g/mol. The van der Waals surface area contributed by atoms with E-state index in [9.17, 15) is 28.3 Å². The summed E-state index contributed by atoms with van der Waals surface area (Å²) in [6, 6.07) is 10.6. The number of ether oxygens (including phenoxy) is 1. The van der Waals surface area contributed by atoms with E-state index in [1.807, 2.05) is 38.1 Å². The molecule has 1 aliphatic heterocycles. The average molecular weight is 530 g/mol. The number of nitrogens with zero attached hydrogens (tertiary/aromatic N) is 2. The Kier molecular flexibility index (Phi) is 7.99. The summed E-state index contributed by atoms with van der Waals surface area (Å²) in [7, 11) is 0. The van der Waals surface area contributed by atoms with Gasteiger partial charge in [0, 0.05) is 24.7 Å². The summed E-state index contributed by atoms with van der Waals surface area (Å²) in [6.07, 6.45) is 1.90. The lowest BCUT2D eigenvalue weighted by molar-refractivity contribution is -0.151. The van der Waals surface area contributed by atoms with Crippen molar-refractivity contribution in [1.29, 1.82) is 0 Å². The SMILES string of the molecule is Cc1ccc(NC(=O)C2(c3ccccc3C(C)C)CN(C(=O)C3CCC(C(=O)O)CC3)C2)c(OC(F)F)n1. The Labute approximate surface area is 220 Å². The fraction of sp³-hybridized carbons (Fsp3) is 0.500. The molecule has 1 saturated heterocycles. The normalized spacial score (nSPS) is 20.7. The van der Waals surface area contributed by atoms with Gasteiger partial charge in [-0.2, -0.15) is 8.78 Å². The monoisotopic (exact) mass is 529 g/mol. The molecule has 2 heterocycles. The Morgan fingerprint density at radius 2 is 1.68 bits per heavy atom. The number of amides is 2. The molecule has 2 aliphatic rings. The highest BCUT2D eigenvalue weighted by atomic mass is 19.3. The van der Waals surface area contributed by atoms with Crippen molar-refractivity contribution >= 4 is 23.5 Å². The summed E-state index contributed by atoms with van der Waals surface area (Å²) >= 11 is 0. The number of hydrogen-bond donors (Lipinski definition) is 2. The first-order valence-corrected chi connectivity index (χ1v) is 12.9. The van der Waals surface area contributed by atoms with Gasteiger partial charge in [-0.25, -0.2) is 4.98 Å². The molecule has 0 radical (unpaired) electrons. The zero-order valence-electron chi connectivity index (χ0n) is 21.7. The molecule has 2 N–H and O–H groups in total. The van der Waals surface area contributed by atoms with Gasteiger partial charge >= 0.3 is 12.6 Å². The predicted molar refractivity (Wildman–Crippen MR) is 136 cm³/mol. The molecule has 10 heteroatoms. The topological polar surface area (TPSA) is 109 Å². The second-order valence-electron chi connectivity index (χ2n) is 10.5. The van der Waals surface area contributed by atoms with Crippen LogP contribution in [0.1, 0.15) is 62.3 Å². The number of likely N-dealkylation sites (tertiary alicyclic amines) is 1. The van der Waals surface area contributed by atoms with E-state index in [4.69, 9.17) is 0 Å². The van der Waals surface area contributed by atoms with Crippen LogP contribution < -0.4 is 10.1 Å². The van der Waals surface area contributed by atoms with Crippen molar-refractivity contribution in [2.24, 2.45) is 11.8 Å². The van der Waals surface area contributed by atoms with E-state index in [2.05, 4.69) is 15.0 Å². The number of carboxylic acid groups (broad SMARTS) is 1. The van der Waals surface area contributed by atoms with Crippen molar-refractivity contribution in [3.05, 3.63) is 53.2 Å². The first-order valence-electron chi connectivity index (χ1n) is 12.9. The fourth-order valence-corrected chi connectivity index (χ4v) is 5.52. The maximum atomic E-state index is 13.9. The van der Waals surface area contributed by atoms with Gasteiger partial charge in [0.05, 0.1) is 5.92 Å². The number of halogens is 2. The highest BCUT2D eigenvalue weighted by Gasteiger charge is 2.54. The van der Waals surface area contributed by atoms with E-state index in [0.717, 1.165) is 11.1 Å². The van der Waals surface area contributed by atoms with Gasteiger partial charge in [-0.1, -0.05) is 38.1 Å². The van der Waals surface area contributed by atoms with Gasteiger partial charge in [-0.05, 0) is 61.8 Å². The van der Waals surface area contributed by atoms with Crippen LogP contribution in [0, 0.1) is 18.8 Å². The minimum absolute atomic E-state index is 0.0269. The zero-order valence-corrected chi connectivity index (χ0v) is 21.7. The molecular formula is C28H33F2N3O5. The van der Waals surface area contributed by atoms with Crippen LogP contribution in [0.5, 0.6) is 5.88 Å². The van der Waals surface area contributed by atoms with Gasteiger partial charge < -0.3 is 20.1 Å². The third-order valence-electron chi connectivity index (χ3n) is 7.64. The average Bonchev–Trinajstić information content (AvgIpc) is 2.85. The molecule has 204 valence electrons. The molecule has 2 aromatic rings. The molecule has 0 unspecified atom stereocenters. The molecule has 0 spiro atoms. The summed E-state index contributed by atoms with van der Waals surface area (Å²) in [6.45, 7) is 2.82. The number of benzene rings is 1. The number of rotatable bonds is 8. The molecule has 1 aromatic carbocycles. The number of aromatic nitrogens is 1. The molecule has 2 fully saturated rings. The lowest BCUT2D eigenvalue weighted by Gasteiger charge is -2.51. The Hall–Kier alpha value is -3.56. The lowest BCUT2D eigenvalue weighted by atomic mass is 9.69. The van der Waals surface area contributed by atoms with E-state index >= 15 is 0 Å². The van der Waals surface area contributed by atoms with Crippen molar-refractivity contribution in [3.63, 3.8) is 0 Å². The van der Waals surface area contributed by atoms with Crippen molar-refractivity contribution in [3.8, 4) is 5.88 Å². The fourth-order valence-electron chi connectivity index (χ4n) is 5.52. The van der Waals surface area contributed by atoms with Gasteiger partial charge in [0.15, 0.2) is 0 Å². The van der Waals surface area contributed by atoms with Crippen LogP contribution in [-0.2, 0) is 19.8 Å². The van der Waals surface area contributed by atoms with E-state index < -0.39 is 29.8 Å². The summed E-state index contributed by atoms with van der Waals surface area (Å²) in [4.78, 5) is 44.2. The number of alkyl halides is 2. The number of anilines is 1. The Bertz CT molecular complexity index is 1200. The van der Waals surface area contributed by atoms with Gasteiger partial charge in [0.25, 0.3) is 0 Å². The van der Waals surface area contributed by atoms with E-state index in [-0.39, 0.29) is 42.4 Å². The lowest BCUT2D eigenvalue weighted by Crippen LogP contribution is -2.67. The molecule has 1 aliphatic carbocycles. The van der Waals surface area contributed by atoms with Crippen molar-refractivity contribution in [2.75, 3.05) is 18.4 Å². The number of aryl methyl sites for hydroxylation is 1. The number of carbonyl (C=O) groups excluding carboxylic acids is 2. The molecule has 1 aromatic heterocycles. The summed E-state index contributed by atoms with van der Waals surface area (Å²) in [5.41, 5.74) is 1.13. The van der Waals surface area contributed by atoms with Crippen molar-refractivity contribution in [2.45, 2.75) is 64.4 Å². The molecule has 8 nitrogen and oxygen atoms in total. The molecule has 0 bridgehead atoms. The van der Waals surface area contributed by atoms with Gasteiger partial charge in [0.2, 0.25) is 17.7 Å². The summed E-state index contributed by atoms with van der Waals surface area (Å²) < 4.78 is 30.6. The first-order chi connectivity index (χ1) is 18.0. The summed E-state index contributed by atoms with van der Waals surface area (Å²) in [5, 5.41) is 12.0. The van der Waals surface area contributed by atoms with Crippen LogP contribution in [0.4, 0.5) is 14.5 Å². The second kappa shape index (κ2) is 11.0. The van der Waals surface area contributed by atoms with Gasteiger partial charge in [-0.15, -0.1) is 0 Å². The van der Waals surface area contributed by atoms with Crippen molar-refractivity contribution < 1.29 is 33.0 Å². The largest absolute Gasteiger partial charge is 0.481 e. The molecule has 38 heavy (non-hydrogen) atoms. The van der Waals surface area contributed by atoms with Crippen LogP contribution in [0.2, 0.25) is 0 Å². The first kappa shape index (κ1) is 27.5. The minimum Gasteiger partial charge on any atom is -0.481 e. The quantitative estimate of drug-likeness (QED) is 0.512. The zero-order chi connectivity index (χ0) is 27.6. The molecule has 1 saturated carbocycles. The van der Waals surface area contributed by atoms with E-state index in [1.165, 1.54) is 6.07 Å². The van der Waals surface area contributed by atoms with Crippen LogP contribution in [0.25, 0.3) is 0 Å². The summed E-state index contributed by atoms with van der Waals surface area (Å²) in [5.74, 6) is -2.33. The number of aliphatic carboxylic acids is 1. The van der Waals surface area contributed by atoms with Crippen LogP contribution in [-0.4, -0.2) is 52.5 Å². The minimum atomic E-state index is -3.11. The Balaban J connectivity index is 1.60. The van der Waals surface area contributed by atoms with Crippen LogP contribution in [0.3, 0.4) is 0 Å². The number of pyridine rings is 1. The second-order valence-corrected chi connectivity index (χ2v) is 10.5. The van der Waals surface area contributed by atoms with Crippen molar-refractivity contribution in [1.82, 2.24) is 9.88 Å². The highest BCUT2D eigenvalue weighted by molar-refractivity contribution is 6.02. The Morgan fingerprint density at radius 3 is 2.29 bits per heavy atom. The van der Waals surface area contributed by atoms with Crippen LogP contribution in [0.15, 0.2) is 36.4 Å². The van der Waals surface area contributed by atoms with E-state index in [0.29, 0.717) is 31.4 Å². The molecule has 4 rings (SSSR count). The van der Waals surface area contributed by atoms with Crippen LogP contribution >= 0.6 is 0 Å². The third kappa shape index (κ3) is 5.49. The number of carboxylic acids is 1. The van der Waals surface area contributed by atoms with E-state index in [1.54, 1.807) is 17.9 Å². The standard InChI is InChI=1S/C28H33F2N3O5/c1-16(2)20-6-4-5-7-21(20)28(26(37)32-22-13-8-17(3)31-23(22)38-27(29)30)14-33(15-28)24(34)18-9-11-19(12-10-18)25(35)36/h4-8,13,16,18-19,27H,9-12,14-15H2,1-3H3,(H,32,37)(H,35,36). The maximum absolute atomic E-state index is 13.9. The Morgan fingerprint density at radius 1 is 1.05 bits per heavy atom. The van der Waals surface area contributed by atoms with Gasteiger partial charge in [-0.3, -0.25) is 14.4 Å². The highest BCUT2D eigenvalue weighted by Crippen LogP contribution is 2.42.